The van der Waals surface area contributed by atoms with Crippen LogP contribution in [0.2, 0.25) is 0 Å². The molecule has 2 nitrogen and oxygen atoms in total. The molecule has 0 radical (unpaired) electrons. The van der Waals surface area contributed by atoms with Gasteiger partial charge in [-0.15, -0.1) is 0 Å². The number of anilines is 1. The van der Waals surface area contributed by atoms with E-state index in [1.165, 1.54) is 0 Å². The number of nitrogens with zero attached hydrogens (tertiary/aromatic N) is 1. The summed E-state index contributed by atoms with van der Waals surface area (Å²) < 4.78 is 0.519. The monoisotopic (exact) mass is 303 g/mol. The van der Waals surface area contributed by atoms with Gasteiger partial charge in [-0.3, -0.25) is 4.79 Å². The van der Waals surface area contributed by atoms with Gasteiger partial charge in [-0.25, -0.2) is 0 Å². The van der Waals surface area contributed by atoms with Gasteiger partial charge in [0.25, 0.3) is 0 Å². The normalized spacial score (nSPS) is 10.3. The van der Waals surface area contributed by atoms with Crippen LogP contribution in [0.5, 0.6) is 0 Å². The molecule has 0 saturated heterocycles. The van der Waals surface area contributed by atoms with Crippen LogP contribution in [0.25, 0.3) is 0 Å². The summed E-state index contributed by atoms with van der Waals surface area (Å²) in [5, 5.41) is 0. The van der Waals surface area contributed by atoms with E-state index in [9.17, 15) is 4.79 Å². The molecule has 0 saturated carbocycles. The first-order valence-corrected chi connectivity index (χ1v) is 6.12. The van der Waals surface area contributed by atoms with Crippen LogP contribution in [0.3, 0.4) is 0 Å². The Morgan fingerprint density at radius 2 is 1.93 bits per heavy atom. The van der Waals surface area contributed by atoms with Crippen LogP contribution < -0.4 is 4.90 Å². The Kier molecular flexibility index (Phi) is 4.38. The third kappa shape index (κ3) is 2.70. The van der Waals surface area contributed by atoms with E-state index in [0.29, 0.717) is 4.43 Å². The number of carbonyl (C=O) groups is 1. The van der Waals surface area contributed by atoms with E-state index in [4.69, 9.17) is 0 Å². The molecular weight excluding hydrogens is 289 g/mol. The molecular formula is C11H14INO. The molecule has 3 heteroatoms. The predicted octanol–water partition coefficient (Wildman–Crippen LogP) is 2.86. The highest BCUT2D eigenvalue weighted by Crippen LogP contribution is 2.17. The minimum atomic E-state index is 0.159. The lowest BCUT2D eigenvalue weighted by Gasteiger charge is -2.26. The lowest BCUT2D eigenvalue weighted by Crippen LogP contribution is -2.37. The van der Waals surface area contributed by atoms with E-state index in [0.717, 1.165) is 5.69 Å². The summed E-state index contributed by atoms with van der Waals surface area (Å²) in [6, 6.07) is 9.99. The van der Waals surface area contributed by atoms with Gasteiger partial charge in [-0.1, -0.05) is 40.8 Å². The molecule has 0 aromatic heterocycles. The van der Waals surface area contributed by atoms with Gasteiger partial charge in [0.1, 0.15) is 0 Å². The lowest BCUT2D eigenvalue weighted by atomic mass is 10.2. The summed E-state index contributed by atoms with van der Waals surface area (Å²) in [6.45, 7) is 4.05. The Morgan fingerprint density at radius 3 is 2.36 bits per heavy atom. The number of alkyl halides is 1. The maximum Gasteiger partial charge on any atom is 0.237 e. The smallest absolute Gasteiger partial charge is 0.237 e. The molecule has 0 bridgehead atoms. The highest BCUT2D eigenvalue weighted by atomic mass is 127. The quantitative estimate of drug-likeness (QED) is 0.621. The number of benzene rings is 1. The van der Waals surface area contributed by atoms with Crippen molar-refractivity contribution in [2.24, 2.45) is 0 Å². The van der Waals surface area contributed by atoms with Gasteiger partial charge in [-0.2, -0.15) is 0 Å². The van der Waals surface area contributed by atoms with Gasteiger partial charge < -0.3 is 4.90 Å². The van der Waals surface area contributed by atoms with Crippen molar-refractivity contribution in [2.75, 3.05) is 9.33 Å². The largest absolute Gasteiger partial charge is 0.309 e. The van der Waals surface area contributed by atoms with Crippen LogP contribution >= 0.6 is 22.6 Å². The summed E-state index contributed by atoms with van der Waals surface area (Å²) in [6.07, 6.45) is 0. The number of rotatable bonds is 3. The fraction of sp³-hybridized carbons (Fsp3) is 0.364. The Bertz CT molecular complexity index is 297. The van der Waals surface area contributed by atoms with Crippen LogP contribution in [0, 0.1) is 0 Å². The first-order chi connectivity index (χ1) is 6.66. The summed E-state index contributed by atoms with van der Waals surface area (Å²) in [5.41, 5.74) is 0.976. The van der Waals surface area contributed by atoms with Crippen molar-refractivity contribution in [3.63, 3.8) is 0 Å². The Hall–Kier alpha value is -0.580. The summed E-state index contributed by atoms with van der Waals surface area (Å²) in [7, 11) is 0. The van der Waals surface area contributed by atoms with Crippen molar-refractivity contribution in [3.8, 4) is 0 Å². The van der Waals surface area contributed by atoms with Crippen molar-refractivity contribution in [1.82, 2.24) is 0 Å². The Morgan fingerprint density at radius 1 is 1.36 bits per heavy atom. The van der Waals surface area contributed by atoms with E-state index >= 15 is 0 Å². The second-order valence-corrected chi connectivity index (χ2v) is 4.09. The summed E-state index contributed by atoms with van der Waals surface area (Å²) in [5.74, 6) is 0.159. The molecule has 1 rings (SSSR count). The van der Waals surface area contributed by atoms with Crippen molar-refractivity contribution in [3.05, 3.63) is 30.3 Å². The minimum Gasteiger partial charge on any atom is -0.309 e. The highest BCUT2D eigenvalue weighted by Gasteiger charge is 2.16. The van der Waals surface area contributed by atoms with Crippen LogP contribution in [0.15, 0.2) is 30.3 Å². The van der Waals surface area contributed by atoms with Gasteiger partial charge in [0.15, 0.2) is 0 Å². The van der Waals surface area contributed by atoms with Crippen molar-refractivity contribution in [2.45, 2.75) is 19.9 Å². The molecule has 76 valence electrons. The van der Waals surface area contributed by atoms with E-state index in [-0.39, 0.29) is 11.9 Å². The minimum absolute atomic E-state index is 0.159. The van der Waals surface area contributed by atoms with E-state index in [2.05, 4.69) is 22.6 Å². The van der Waals surface area contributed by atoms with E-state index in [1.54, 1.807) is 0 Å². The highest BCUT2D eigenvalue weighted by molar-refractivity contribution is 14.1. The molecule has 0 spiro atoms. The molecule has 1 aromatic rings. The zero-order chi connectivity index (χ0) is 10.6. The fourth-order valence-electron chi connectivity index (χ4n) is 1.38. The van der Waals surface area contributed by atoms with Crippen molar-refractivity contribution >= 4 is 34.2 Å². The van der Waals surface area contributed by atoms with E-state index < -0.39 is 0 Å². The average Bonchev–Trinajstić information content (AvgIpc) is 2.19. The van der Waals surface area contributed by atoms with Crippen LogP contribution in [0.4, 0.5) is 5.69 Å². The second-order valence-electron chi connectivity index (χ2n) is 3.33. The first kappa shape index (κ1) is 11.5. The number of para-hydroxylation sites is 1. The summed E-state index contributed by atoms with van der Waals surface area (Å²) in [4.78, 5) is 13.5. The van der Waals surface area contributed by atoms with Gasteiger partial charge in [0, 0.05) is 11.7 Å². The number of hydrogen-bond donors (Lipinski definition) is 0. The molecule has 0 aliphatic carbocycles. The van der Waals surface area contributed by atoms with E-state index in [1.807, 2.05) is 49.1 Å². The van der Waals surface area contributed by atoms with Crippen LogP contribution in [0.1, 0.15) is 13.8 Å². The number of hydrogen-bond acceptors (Lipinski definition) is 1. The van der Waals surface area contributed by atoms with Gasteiger partial charge in [0.2, 0.25) is 5.91 Å². The molecule has 0 aliphatic heterocycles. The van der Waals surface area contributed by atoms with Crippen LogP contribution in [-0.2, 0) is 4.79 Å². The van der Waals surface area contributed by atoms with Gasteiger partial charge in [-0.05, 0) is 26.0 Å². The zero-order valence-electron chi connectivity index (χ0n) is 8.40. The van der Waals surface area contributed by atoms with Gasteiger partial charge >= 0.3 is 0 Å². The molecule has 1 amide bonds. The molecule has 1 aromatic carbocycles. The standard InChI is InChI=1S/C11H14INO/c1-9(2)13(11(14)8-12)10-6-4-3-5-7-10/h3-7,9H,8H2,1-2H3. The maximum absolute atomic E-state index is 11.7. The molecule has 0 heterocycles. The maximum atomic E-state index is 11.7. The molecule has 14 heavy (non-hydrogen) atoms. The number of amides is 1. The number of halogens is 1. The van der Waals surface area contributed by atoms with Crippen molar-refractivity contribution in [1.29, 1.82) is 0 Å². The second kappa shape index (κ2) is 5.34. The Balaban J connectivity index is 2.95. The number of carbonyl (C=O) groups excluding carboxylic acids is 1. The zero-order valence-corrected chi connectivity index (χ0v) is 10.6. The molecule has 0 fully saturated rings. The van der Waals surface area contributed by atoms with Crippen molar-refractivity contribution < 1.29 is 4.79 Å². The summed E-state index contributed by atoms with van der Waals surface area (Å²) >= 11 is 2.10. The Labute approximate surface area is 98.4 Å². The topological polar surface area (TPSA) is 20.3 Å². The lowest BCUT2D eigenvalue weighted by molar-refractivity contribution is -0.116. The molecule has 0 N–H and O–H groups in total. The SMILES string of the molecule is CC(C)N(C(=O)CI)c1ccccc1. The molecule has 0 aliphatic rings. The van der Waals surface area contributed by atoms with Crippen LogP contribution in [-0.4, -0.2) is 16.4 Å². The van der Waals surface area contributed by atoms with Gasteiger partial charge in [0.05, 0.1) is 4.43 Å². The average molecular weight is 303 g/mol. The molecule has 0 atom stereocenters. The first-order valence-electron chi connectivity index (χ1n) is 4.60. The third-order valence-electron chi connectivity index (χ3n) is 1.93. The molecule has 0 unspecified atom stereocenters. The third-order valence-corrected chi connectivity index (χ3v) is 2.59. The predicted molar refractivity (Wildman–Crippen MR) is 68.0 cm³/mol. The fourth-order valence-corrected chi connectivity index (χ4v) is 1.75.